The van der Waals surface area contributed by atoms with Crippen LogP contribution >= 0.6 is 0 Å². The molecule has 0 heterocycles. The summed E-state index contributed by atoms with van der Waals surface area (Å²) in [4.78, 5) is 2.33. The normalized spacial score (nSPS) is 14.0. The van der Waals surface area contributed by atoms with E-state index in [9.17, 15) is 0 Å². The van der Waals surface area contributed by atoms with E-state index >= 15 is 0 Å². The summed E-state index contributed by atoms with van der Waals surface area (Å²) in [5, 5.41) is 0. The summed E-state index contributed by atoms with van der Waals surface area (Å²) < 4.78 is 0. The molecule has 1 aromatic rings. The highest BCUT2D eigenvalue weighted by Crippen LogP contribution is 2.14. The molecule has 0 aromatic heterocycles. The topological polar surface area (TPSA) is 29.3 Å². The smallest absolute Gasteiger partial charge is 0.0208 e. The van der Waals surface area contributed by atoms with Crippen molar-refractivity contribution in [1.29, 1.82) is 0 Å². The Morgan fingerprint density at radius 2 is 1.76 bits per heavy atom. The van der Waals surface area contributed by atoms with Gasteiger partial charge < -0.3 is 10.6 Å². The van der Waals surface area contributed by atoms with Crippen LogP contribution < -0.4 is 5.73 Å². The van der Waals surface area contributed by atoms with Gasteiger partial charge in [0.15, 0.2) is 0 Å². The number of hydrogen-bond acceptors (Lipinski definition) is 2. The fourth-order valence-corrected chi connectivity index (χ4v) is 2.26. The molecule has 0 aliphatic rings. The Hall–Kier alpha value is -0.860. The molecule has 1 atom stereocenters. The van der Waals surface area contributed by atoms with Gasteiger partial charge in [-0.1, -0.05) is 51.1 Å². The zero-order valence-electron chi connectivity index (χ0n) is 11.6. The summed E-state index contributed by atoms with van der Waals surface area (Å²) in [6.45, 7) is 8.80. The zero-order valence-corrected chi connectivity index (χ0v) is 11.6. The minimum atomic E-state index is 0.213. The molecule has 0 radical (unpaired) electrons. The minimum absolute atomic E-state index is 0.213. The third-order valence-electron chi connectivity index (χ3n) is 2.63. The van der Waals surface area contributed by atoms with Gasteiger partial charge in [-0.2, -0.15) is 0 Å². The van der Waals surface area contributed by atoms with E-state index in [1.165, 1.54) is 5.56 Å². The molecule has 0 spiro atoms. The molecule has 96 valence electrons. The summed E-state index contributed by atoms with van der Waals surface area (Å²) >= 11 is 0. The summed E-state index contributed by atoms with van der Waals surface area (Å²) in [5.41, 5.74) is 7.84. The van der Waals surface area contributed by atoms with Crippen LogP contribution in [0.2, 0.25) is 0 Å². The molecule has 0 aliphatic carbocycles. The number of nitrogens with two attached hydrogens (primary N) is 1. The number of nitrogens with zero attached hydrogens (tertiary/aromatic N) is 1. The average Bonchev–Trinajstić information content (AvgIpc) is 2.15. The Kier molecular flexibility index (Phi) is 5.16. The molecular weight excluding hydrogens is 208 g/mol. The summed E-state index contributed by atoms with van der Waals surface area (Å²) in [7, 11) is 2.15. The quantitative estimate of drug-likeness (QED) is 0.848. The predicted molar refractivity (Wildman–Crippen MR) is 75.1 cm³/mol. The Bertz CT molecular complexity index is 313. The lowest BCUT2D eigenvalue weighted by Gasteiger charge is -2.28. The van der Waals surface area contributed by atoms with Crippen LogP contribution in [0.1, 0.15) is 26.3 Å². The van der Waals surface area contributed by atoms with Crippen molar-refractivity contribution in [2.24, 2.45) is 11.1 Å². The van der Waals surface area contributed by atoms with E-state index in [1.807, 2.05) is 6.07 Å². The molecule has 0 fully saturated rings. The van der Waals surface area contributed by atoms with Gasteiger partial charge in [0.05, 0.1) is 0 Å². The van der Waals surface area contributed by atoms with Gasteiger partial charge in [-0.15, -0.1) is 0 Å². The van der Waals surface area contributed by atoms with Crippen LogP contribution in [0.5, 0.6) is 0 Å². The van der Waals surface area contributed by atoms with Gasteiger partial charge in [0.1, 0.15) is 0 Å². The molecule has 2 N–H and O–H groups in total. The van der Waals surface area contributed by atoms with E-state index < -0.39 is 0 Å². The third-order valence-corrected chi connectivity index (χ3v) is 2.63. The lowest BCUT2D eigenvalue weighted by atomic mass is 9.96. The van der Waals surface area contributed by atoms with Gasteiger partial charge in [0, 0.05) is 19.1 Å². The highest BCUT2D eigenvalue weighted by molar-refractivity contribution is 5.15. The lowest BCUT2D eigenvalue weighted by molar-refractivity contribution is 0.216. The third kappa shape index (κ3) is 6.44. The molecule has 0 bridgehead atoms. The van der Waals surface area contributed by atoms with Gasteiger partial charge in [-0.05, 0) is 24.4 Å². The predicted octanol–water partition coefficient (Wildman–Crippen LogP) is 2.53. The van der Waals surface area contributed by atoms with Crippen molar-refractivity contribution in [3.05, 3.63) is 35.9 Å². The van der Waals surface area contributed by atoms with Crippen molar-refractivity contribution in [3.63, 3.8) is 0 Å². The summed E-state index contributed by atoms with van der Waals surface area (Å²) in [6, 6.07) is 10.7. The van der Waals surface area contributed by atoms with Gasteiger partial charge >= 0.3 is 0 Å². The Labute approximate surface area is 106 Å². The highest BCUT2D eigenvalue weighted by atomic mass is 15.1. The van der Waals surface area contributed by atoms with Crippen molar-refractivity contribution in [2.45, 2.75) is 33.2 Å². The van der Waals surface area contributed by atoms with E-state index in [1.54, 1.807) is 0 Å². The van der Waals surface area contributed by atoms with Crippen LogP contribution in [0.3, 0.4) is 0 Å². The Morgan fingerprint density at radius 1 is 1.18 bits per heavy atom. The minimum Gasteiger partial charge on any atom is -0.326 e. The van der Waals surface area contributed by atoms with E-state index in [-0.39, 0.29) is 6.04 Å². The van der Waals surface area contributed by atoms with Crippen LogP contribution in [0.15, 0.2) is 30.3 Å². The van der Waals surface area contributed by atoms with Crippen LogP contribution in [-0.4, -0.2) is 31.1 Å². The van der Waals surface area contributed by atoms with Crippen LogP contribution in [0, 0.1) is 5.41 Å². The molecule has 1 aromatic carbocycles. The maximum atomic E-state index is 6.18. The monoisotopic (exact) mass is 234 g/mol. The summed E-state index contributed by atoms with van der Waals surface area (Å²) in [6.07, 6.45) is 0.954. The largest absolute Gasteiger partial charge is 0.326 e. The highest BCUT2D eigenvalue weighted by Gasteiger charge is 2.15. The maximum Gasteiger partial charge on any atom is 0.0208 e. The average molecular weight is 234 g/mol. The van der Waals surface area contributed by atoms with Crippen molar-refractivity contribution >= 4 is 0 Å². The van der Waals surface area contributed by atoms with Crippen molar-refractivity contribution < 1.29 is 0 Å². The van der Waals surface area contributed by atoms with Crippen LogP contribution in [-0.2, 0) is 6.42 Å². The molecule has 0 saturated carbocycles. The van der Waals surface area contributed by atoms with Gasteiger partial charge in [0.2, 0.25) is 0 Å². The Morgan fingerprint density at radius 3 is 2.29 bits per heavy atom. The SMILES string of the molecule is CN(CC(N)Cc1ccccc1)CC(C)(C)C. The molecule has 0 amide bonds. The molecule has 2 heteroatoms. The van der Waals surface area contributed by atoms with E-state index in [0.29, 0.717) is 5.41 Å². The van der Waals surface area contributed by atoms with Crippen molar-refractivity contribution in [1.82, 2.24) is 4.90 Å². The molecule has 2 nitrogen and oxygen atoms in total. The molecule has 0 aliphatic heterocycles. The molecule has 0 saturated heterocycles. The fraction of sp³-hybridized carbons (Fsp3) is 0.600. The molecular formula is C15H26N2. The second kappa shape index (κ2) is 6.18. The van der Waals surface area contributed by atoms with Crippen molar-refractivity contribution in [3.8, 4) is 0 Å². The number of rotatable bonds is 5. The van der Waals surface area contributed by atoms with Gasteiger partial charge in [0.25, 0.3) is 0 Å². The first kappa shape index (κ1) is 14.2. The Balaban J connectivity index is 2.37. The first-order valence-electron chi connectivity index (χ1n) is 6.35. The van der Waals surface area contributed by atoms with E-state index in [4.69, 9.17) is 5.73 Å². The van der Waals surface area contributed by atoms with Crippen LogP contribution in [0.4, 0.5) is 0 Å². The van der Waals surface area contributed by atoms with E-state index in [0.717, 1.165) is 19.5 Å². The molecule has 1 rings (SSSR count). The second-order valence-corrected chi connectivity index (χ2v) is 6.21. The standard InChI is InChI=1S/C15H26N2/c1-15(2,3)12-17(4)11-14(16)10-13-8-6-5-7-9-13/h5-9,14H,10-12,16H2,1-4H3. The molecule has 17 heavy (non-hydrogen) atoms. The van der Waals surface area contributed by atoms with Crippen molar-refractivity contribution in [2.75, 3.05) is 20.1 Å². The fourth-order valence-electron chi connectivity index (χ4n) is 2.26. The maximum absolute atomic E-state index is 6.18. The number of hydrogen-bond donors (Lipinski definition) is 1. The number of benzene rings is 1. The number of likely N-dealkylation sites (N-methyl/N-ethyl adjacent to an activating group) is 1. The first-order valence-corrected chi connectivity index (χ1v) is 6.35. The first-order chi connectivity index (χ1) is 7.87. The summed E-state index contributed by atoms with van der Waals surface area (Å²) in [5.74, 6) is 0. The molecule has 1 unspecified atom stereocenters. The van der Waals surface area contributed by atoms with Crippen LogP contribution in [0.25, 0.3) is 0 Å². The van der Waals surface area contributed by atoms with Gasteiger partial charge in [-0.3, -0.25) is 0 Å². The lowest BCUT2D eigenvalue weighted by Crippen LogP contribution is -2.40. The zero-order chi connectivity index (χ0) is 12.9. The van der Waals surface area contributed by atoms with E-state index in [2.05, 4.69) is 57.0 Å². The van der Waals surface area contributed by atoms with Gasteiger partial charge in [-0.25, -0.2) is 0 Å². The second-order valence-electron chi connectivity index (χ2n) is 6.21.